The summed E-state index contributed by atoms with van der Waals surface area (Å²) >= 11 is 5.89. The Morgan fingerprint density at radius 2 is 2.18 bits per heavy atom. The van der Waals surface area contributed by atoms with Crippen LogP contribution in [0.3, 0.4) is 0 Å². The number of rotatable bonds is 3. The quantitative estimate of drug-likeness (QED) is 0.850. The van der Waals surface area contributed by atoms with Crippen molar-refractivity contribution in [1.82, 2.24) is 15.2 Å². The summed E-state index contributed by atoms with van der Waals surface area (Å²) in [5.74, 6) is -0.488. The van der Waals surface area contributed by atoms with Gasteiger partial charge < -0.3 is 4.74 Å². The standard InChI is InChI=1S/C11H10ClN3O2/c1-2-17-11(16)8-9(14-15-10(8)12)7-3-5-13-6-4-7/h3-6H,2H2,1H3,(H,14,15). The predicted molar refractivity (Wildman–Crippen MR) is 62.8 cm³/mol. The number of hydrogen-bond acceptors (Lipinski definition) is 4. The Bertz CT molecular complexity index is 525. The molecule has 0 aliphatic heterocycles. The van der Waals surface area contributed by atoms with Gasteiger partial charge in [0.2, 0.25) is 0 Å². The maximum atomic E-state index is 11.7. The molecule has 0 aliphatic rings. The fraction of sp³-hybridized carbons (Fsp3) is 0.182. The summed E-state index contributed by atoms with van der Waals surface area (Å²) in [4.78, 5) is 15.6. The number of nitrogens with one attached hydrogen (secondary N) is 1. The molecule has 6 heteroatoms. The smallest absolute Gasteiger partial charge is 0.343 e. The molecule has 2 aromatic heterocycles. The van der Waals surface area contributed by atoms with Gasteiger partial charge in [-0.15, -0.1) is 0 Å². The van der Waals surface area contributed by atoms with Crippen LogP contribution in [-0.4, -0.2) is 27.8 Å². The Labute approximate surface area is 103 Å². The average molecular weight is 252 g/mol. The van der Waals surface area contributed by atoms with Crippen LogP contribution in [0, 0.1) is 0 Å². The Hall–Kier alpha value is -1.88. The van der Waals surface area contributed by atoms with Crippen LogP contribution in [0.15, 0.2) is 24.5 Å². The number of esters is 1. The molecular weight excluding hydrogens is 242 g/mol. The highest BCUT2D eigenvalue weighted by atomic mass is 35.5. The van der Waals surface area contributed by atoms with Crippen LogP contribution in [0.4, 0.5) is 0 Å². The van der Waals surface area contributed by atoms with E-state index in [1.54, 1.807) is 31.5 Å². The molecule has 0 aromatic carbocycles. The lowest BCUT2D eigenvalue weighted by molar-refractivity contribution is 0.0527. The number of hydrogen-bond donors (Lipinski definition) is 1. The SMILES string of the molecule is CCOC(=O)c1c(-c2ccncc2)n[nH]c1Cl. The van der Waals surface area contributed by atoms with Gasteiger partial charge in [0.15, 0.2) is 0 Å². The largest absolute Gasteiger partial charge is 0.462 e. The third kappa shape index (κ3) is 2.29. The molecule has 0 radical (unpaired) electrons. The van der Waals surface area contributed by atoms with Gasteiger partial charge in [-0.25, -0.2) is 4.79 Å². The Balaban J connectivity index is 2.46. The van der Waals surface area contributed by atoms with E-state index in [0.717, 1.165) is 5.56 Å². The van der Waals surface area contributed by atoms with E-state index in [0.29, 0.717) is 5.69 Å². The molecule has 0 spiro atoms. The summed E-state index contributed by atoms with van der Waals surface area (Å²) in [7, 11) is 0. The van der Waals surface area contributed by atoms with Crippen LogP contribution in [0.5, 0.6) is 0 Å². The Morgan fingerprint density at radius 3 is 2.82 bits per heavy atom. The zero-order valence-corrected chi connectivity index (χ0v) is 9.86. The average Bonchev–Trinajstić information content (AvgIpc) is 2.73. The molecule has 5 nitrogen and oxygen atoms in total. The van der Waals surface area contributed by atoms with Crippen molar-refractivity contribution in [1.29, 1.82) is 0 Å². The fourth-order valence-corrected chi connectivity index (χ4v) is 1.64. The number of aromatic nitrogens is 3. The highest BCUT2D eigenvalue weighted by Crippen LogP contribution is 2.26. The first kappa shape index (κ1) is 11.6. The van der Waals surface area contributed by atoms with Gasteiger partial charge in [0.1, 0.15) is 16.4 Å². The van der Waals surface area contributed by atoms with E-state index in [4.69, 9.17) is 16.3 Å². The minimum atomic E-state index is -0.488. The van der Waals surface area contributed by atoms with Crippen LogP contribution in [0.25, 0.3) is 11.3 Å². The van der Waals surface area contributed by atoms with E-state index < -0.39 is 5.97 Å². The highest BCUT2D eigenvalue weighted by molar-refractivity contribution is 6.33. The fourth-order valence-electron chi connectivity index (χ4n) is 1.43. The molecule has 0 saturated carbocycles. The van der Waals surface area contributed by atoms with Gasteiger partial charge in [0.25, 0.3) is 0 Å². The van der Waals surface area contributed by atoms with Gasteiger partial charge in [-0.2, -0.15) is 5.10 Å². The highest BCUT2D eigenvalue weighted by Gasteiger charge is 2.21. The molecule has 0 bridgehead atoms. The number of ether oxygens (including phenoxy) is 1. The number of carbonyl (C=O) groups is 1. The number of aromatic amines is 1. The van der Waals surface area contributed by atoms with Crippen molar-refractivity contribution in [2.24, 2.45) is 0 Å². The van der Waals surface area contributed by atoms with Crippen LogP contribution in [0.1, 0.15) is 17.3 Å². The van der Waals surface area contributed by atoms with Crippen LogP contribution in [-0.2, 0) is 4.74 Å². The summed E-state index contributed by atoms with van der Waals surface area (Å²) in [5.41, 5.74) is 1.47. The molecule has 0 aliphatic carbocycles. The molecule has 2 rings (SSSR count). The molecule has 0 amide bonds. The lowest BCUT2D eigenvalue weighted by atomic mass is 10.1. The number of carbonyl (C=O) groups excluding carboxylic acids is 1. The van der Waals surface area contributed by atoms with Crippen molar-refractivity contribution in [2.45, 2.75) is 6.92 Å². The van der Waals surface area contributed by atoms with Crippen LogP contribution in [0.2, 0.25) is 5.15 Å². The third-order valence-corrected chi connectivity index (χ3v) is 2.43. The first-order chi connectivity index (χ1) is 8.24. The molecule has 17 heavy (non-hydrogen) atoms. The molecule has 0 saturated heterocycles. The summed E-state index contributed by atoms with van der Waals surface area (Å²) in [6, 6.07) is 3.49. The van der Waals surface area contributed by atoms with Gasteiger partial charge in [-0.1, -0.05) is 11.6 Å². The van der Waals surface area contributed by atoms with Gasteiger partial charge in [-0.05, 0) is 19.1 Å². The van der Waals surface area contributed by atoms with Crippen molar-refractivity contribution in [3.63, 3.8) is 0 Å². The van der Waals surface area contributed by atoms with E-state index in [-0.39, 0.29) is 17.3 Å². The molecule has 2 aromatic rings. The van der Waals surface area contributed by atoms with Crippen molar-refractivity contribution in [3.8, 4) is 11.3 Å². The summed E-state index contributed by atoms with van der Waals surface area (Å²) in [6.45, 7) is 2.02. The number of halogens is 1. The zero-order valence-electron chi connectivity index (χ0n) is 9.11. The Kier molecular flexibility index (Phi) is 3.39. The van der Waals surface area contributed by atoms with E-state index in [1.165, 1.54) is 0 Å². The second-order valence-electron chi connectivity index (χ2n) is 3.22. The van der Waals surface area contributed by atoms with E-state index >= 15 is 0 Å². The van der Waals surface area contributed by atoms with Crippen molar-refractivity contribution < 1.29 is 9.53 Å². The third-order valence-electron chi connectivity index (χ3n) is 2.16. The van der Waals surface area contributed by atoms with Crippen molar-refractivity contribution in [3.05, 3.63) is 35.2 Å². The monoisotopic (exact) mass is 251 g/mol. The second kappa shape index (κ2) is 4.97. The van der Waals surface area contributed by atoms with Gasteiger partial charge >= 0.3 is 5.97 Å². The second-order valence-corrected chi connectivity index (χ2v) is 3.60. The molecule has 0 atom stereocenters. The van der Waals surface area contributed by atoms with Crippen LogP contribution < -0.4 is 0 Å². The molecular formula is C11H10ClN3O2. The first-order valence-electron chi connectivity index (χ1n) is 5.05. The van der Waals surface area contributed by atoms with E-state index in [2.05, 4.69) is 15.2 Å². The van der Waals surface area contributed by atoms with Gasteiger partial charge in [0.05, 0.1) is 6.61 Å². The van der Waals surface area contributed by atoms with E-state index in [1.807, 2.05) is 0 Å². The lowest BCUT2D eigenvalue weighted by Crippen LogP contribution is -2.05. The lowest BCUT2D eigenvalue weighted by Gasteiger charge is -2.02. The van der Waals surface area contributed by atoms with Crippen molar-refractivity contribution >= 4 is 17.6 Å². The van der Waals surface area contributed by atoms with Gasteiger partial charge in [0, 0.05) is 18.0 Å². The minimum absolute atomic E-state index is 0.176. The maximum Gasteiger partial charge on any atom is 0.343 e. The number of nitrogens with zero attached hydrogens (tertiary/aromatic N) is 2. The maximum absolute atomic E-state index is 11.7. The first-order valence-corrected chi connectivity index (χ1v) is 5.43. The topological polar surface area (TPSA) is 67.9 Å². The van der Waals surface area contributed by atoms with Gasteiger partial charge in [-0.3, -0.25) is 10.1 Å². The van der Waals surface area contributed by atoms with Crippen LogP contribution >= 0.6 is 11.6 Å². The molecule has 0 fully saturated rings. The Morgan fingerprint density at radius 1 is 1.47 bits per heavy atom. The normalized spacial score (nSPS) is 10.2. The molecule has 88 valence electrons. The van der Waals surface area contributed by atoms with E-state index in [9.17, 15) is 4.79 Å². The van der Waals surface area contributed by atoms with Crippen molar-refractivity contribution in [2.75, 3.05) is 6.61 Å². The number of pyridine rings is 1. The molecule has 1 N–H and O–H groups in total. The summed E-state index contributed by atoms with van der Waals surface area (Å²) < 4.78 is 4.93. The zero-order chi connectivity index (χ0) is 12.3. The summed E-state index contributed by atoms with van der Waals surface area (Å²) in [5, 5.41) is 6.75. The molecule has 0 unspecified atom stereocenters. The minimum Gasteiger partial charge on any atom is -0.462 e. The predicted octanol–water partition coefficient (Wildman–Crippen LogP) is 2.30. The summed E-state index contributed by atoms with van der Waals surface area (Å²) in [6.07, 6.45) is 3.24. The molecule has 2 heterocycles. The number of H-pyrrole nitrogens is 1.